The van der Waals surface area contributed by atoms with Gasteiger partial charge in [0.25, 0.3) is 17.7 Å². The van der Waals surface area contributed by atoms with Crippen LogP contribution in [-0.4, -0.2) is 50.3 Å². The Morgan fingerprint density at radius 1 is 0.333 bits per heavy atom. The topological polar surface area (TPSA) is 254 Å². The van der Waals surface area contributed by atoms with Crippen molar-refractivity contribution in [2.24, 2.45) is 49.4 Å². The van der Waals surface area contributed by atoms with Crippen molar-refractivity contribution in [3.63, 3.8) is 0 Å². The third kappa shape index (κ3) is 20.3. The molecule has 0 radical (unpaired) electrons. The highest BCUT2D eigenvalue weighted by molar-refractivity contribution is 6.31. The average Bonchev–Trinajstić information content (AvgIpc) is 1.08. The first-order chi connectivity index (χ1) is 43.6. The van der Waals surface area contributed by atoms with Crippen LogP contribution < -0.4 is 34.4 Å². The van der Waals surface area contributed by atoms with E-state index in [1.165, 1.54) is 17.5 Å². The maximum Gasteiger partial charge on any atom is 0.254 e. The standard InChI is InChI=1S/C27H26N4O.C23H23ClN4O.C23H23FN4O/c28-27(29)30-17-20-13-15-21(16-14-20)18-31(26(32)23-8-2-1-3-9-23)19-24-11-6-10-22-7-4-5-12-25(22)24;24-21-9-5-4-8-20(21)16-28(22(29)19-6-2-1-3-7-19)15-18-12-10-17(11-13-18)14-27-23(25)26;24-21-8-4-5-19(13-21)16-28(22(29)20-6-2-1-3-7-20)15-18-11-9-17(10-12-18)14-27-23(25)26/h1-16H,17-19H2,(H4,28,29,30);2*1-13H,14-16H2,(H4,25,26,27). The van der Waals surface area contributed by atoms with E-state index in [-0.39, 0.29) is 41.4 Å². The summed E-state index contributed by atoms with van der Waals surface area (Å²) in [4.78, 5) is 57.1. The molecule has 0 heterocycles. The lowest BCUT2D eigenvalue weighted by Crippen LogP contribution is -2.30. The summed E-state index contributed by atoms with van der Waals surface area (Å²) in [6.07, 6.45) is 0. The first-order valence-electron chi connectivity index (χ1n) is 29.0. The maximum absolute atomic E-state index is 13.6. The van der Waals surface area contributed by atoms with Crippen molar-refractivity contribution in [2.45, 2.75) is 58.9 Å². The summed E-state index contributed by atoms with van der Waals surface area (Å²) in [7, 11) is 0. The van der Waals surface area contributed by atoms with E-state index in [4.69, 9.17) is 46.0 Å². The lowest BCUT2D eigenvalue weighted by molar-refractivity contribution is 0.0723. The molecule has 0 saturated heterocycles. The van der Waals surface area contributed by atoms with Crippen molar-refractivity contribution in [3.05, 3.63) is 332 Å². The smallest absolute Gasteiger partial charge is 0.254 e. The van der Waals surface area contributed by atoms with Crippen molar-refractivity contribution in [3.8, 4) is 0 Å². The Labute approximate surface area is 529 Å². The Bertz CT molecular complexity index is 4030. The van der Waals surface area contributed by atoms with Crippen molar-refractivity contribution in [1.29, 1.82) is 0 Å². The third-order valence-corrected chi connectivity index (χ3v) is 14.6. The van der Waals surface area contributed by atoms with Crippen LogP contribution >= 0.6 is 11.6 Å². The molecular formula is C73H72ClFN12O3. The molecule has 10 aromatic carbocycles. The van der Waals surface area contributed by atoms with Crippen LogP contribution in [0.1, 0.15) is 81.1 Å². The fourth-order valence-corrected chi connectivity index (χ4v) is 9.87. The van der Waals surface area contributed by atoms with E-state index < -0.39 is 0 Å². The van der Waals surface area contributed by atoms with Gasteiger partial charge in [0.2, 0.25) is 0 Å². The summed E-state index contributed by atoms with van der Waals surface area (Å²) in [6.45, 7) is 3.86. The second-order valence-corrected chi connectivity index (χ2v) is 21.5. The summed E-state index contributed by atoms with van der Waals surface area (Å²) in [6, 6.07) is 79.7. The van der Waals surface area contributed by atoms with Crippen molar-refractivity contribution < 1.29 is 18.8 Å². The number of carbonyl (C=O) groups excluding carboxylic acids is 3. The quantitative estimate of drug-likeness (QED) is 0.0295. The number of hydrogen-bond donors (Lipinski definition) is 6. The highest BCUT2D eigenvalue weighted by Crippen LogP contribution is 2.25. The van der Waals surface area contributed by atoms with Crippen molar-refractivity contribution in [1.82, 2.24) is 14.7 Å². The van der Waals surface area contributed by atoms with Gasteiger partial charge in [0, 0.05) is 61.0 Å². The summed E-state index contributed by atoms with van der Waals surface area (Å²) < 4.78 is 13.6. The summed E-state index contributed by atoms with van der Waals surface area (Å²) in [5, 5.41) is 2.97. The number of benzene rings is 10. The molecule has 0 fully saturated rings. The van der Waals surface area contributed by atoms with E-state index in [1.807, 2.05) is 205 Å². The fraction of sp³-hybridized carbons (Fsp3) is 0.123. The number of nitrogens with two attached hydrogens (primary N) is 6. The summed E-state index contributed by atoms with van der Waals surface area (Å²) in [5.41, 5.74) is 43.0. The van der Waals surface area contributed by atoms with Gasteiger partial charge in [-0.15, -0.1) is 0 Å². The zero-order valence-electron chi connectivity index (χ0n) is 49.7. The molecule has 0 saturated carbocycles. The Hall–Kier alpha value is -11.1. The van der Waals surface area contributed by atoms with E-state index in [9.17, 15) is 18.8 Å². The fourth-order valence-electron chi connectivity index (χ4n) is 9.67. The zero-order chi connectivity index (χ0) is 63.6. The van der Waals surface area contributed by atoms with Gasteiger partial charge in [0.1, 0.15) is 5.82 Å². The van der Waals surface area contributed by atoms with Crippen molar-refractivity contribution in [2.75, 3.05) is 0 Å². The molecule has 3 amide bonds. The number of fused-ring (bicyclic) bond motifs is 1. The Balaban J connectivity index is 0.000000175. The minimum Gasteiger partial charge on any atom is -0.370 e. The number of halogens is 2. The number of aliphatic imine (C=N–C) groups is 3. The van der Waals surface area contributed by atoms with Crippen LogP contribution in [0.25, 0.3) is 10.8 Å². The van der Waals surface area contributed by atoms with Crippen LogP contribution in [0.5, 0.6) is 0 Å². The Morgan fingerprint density at radius 2 is 0.656 bits per heavy atom. The van der Waals surface area contributed by atoms with E-state index >= 15 is 0 Å². The number of rotatable bonds is 21. The van der Waals surface area contributed by atoms with Gasteiger partial charge in [-0.3, -0.25) is 14.4 Å². The molecule has 10 rings (SSSR count). The lowest BCUT2D eigenvalue weighted by atomic mass is 10.0. The van der Waals surface area contributed by atoms with Gasteiger partial charge in [-0.2, -0.15) is 0 Å². The number of carbonyl (C=O) groups is 3. The molecule has 0 unspecified atom stereocenters. The van der Waals surface area contributed by atoms with E-state index in [0.717, 1.165) is 55.5 Å². The molecule has 456 valence electrons. The van der Waals surface area contributed by atoms with E-state index in [0.29, 0.717) is 80.6 Å². The van der Waals surface area contributed by atoms with Gasteiger partial charge < -0.3 is 49.1 Å². The van der Waals surface area contributed by atoms with Gasteiger partial charge in [-0.25, -0.2) is 19.4 Å². The zero-order valence-corrected chi connectivity index (χ0v) is 50.5. The van der Waals surface area contributed by atoms with Gasteiger partial charge in [-0.1, -0.05) is 212 Å². The summed E-state index contributed by atoms with van der Waals surface area (Å²) in [5.74, 6) is -0.294. The molecule has 12 N–H and O–H groups in total. The highest BCUT2D eigenvalue weighted by atomic mass is 35.5. The predicted octanol–water partition coefficient (Wildman–Crippen LogP) is 11.9. The van der Waals surface area contributed by atoms with Crippen LogP contribution in [0.15, 0.2) is 270 Å². The Morgan fingerprint density at radius 3 is 1.07 bits per heavy atom. The van der Waals surface area contributed by atoms with Crippen LogP contribution in [0.2, 0.25) is 5.02 Å². The van der Waals surface area contributed by atoms with Crippen LogP contribution in [0, 0.1) is 5.82 Å². The second-order valence-electron chi connectivity index (χ2n) is 21.1. The Kier molecular flexibility index (Phi) is 23.9. The number of amides is 3. The SMILES string of the molecule is NC(N)=NCc1ccc(CN(Cc2cccc(F)c2)C(=O)c2ccccc2)cc1.NC(N)=NCc1ccc(CN(Cc2cccc3ccccc23)C(=O)c2ccccc2)cc1.NC(N)=NCc1ccc(CN(Cc2ccccc2Cl)C(=O)c2ccccc2)cc1. The number of nitrogens with zero attached hydrogens (tertiary/aromatic N) is 6. The van der Waals surface area contributed by atoms with E-state index in [1.54, 1.807) is 28.0 Å². The average molecular weight is 1220 g/mol. The van der Waals surface area contributed by atoms with Crippen LogP contribution in [0.4, 0.5) is 4.39 Å². The van der Waals surface area contributed by atoms with Gasteiger partial charge in [0.05, 0.1) is 19.6 Å². The number of guanidine groups is 3. The highest BCUT2D eigenvalue weighted by Gasteiger charge is 2.21. The maximum atomic E-state index is 13.6. The molecule has 17 heteroatoms. The van der Waals surface area contributed by atoms with Gasteiger partial charge in [0.15, 0.2) is 17.9 Å². The first kappa shape index (κ1) is 64.9. The minimum atomic E-state index is -0.321. The first-order valence-corrected chi connectivity index (χ1v) is 29.4. The molecule has 10 aromatic rings. The van der Waals surface area contributed by atoms with Gasteiger partial charge >= 0.3 is 0 Å². The molecule has 0 aliphatic heterocycles. The lowest BCUT2D eigenvalue weighted by Gasteiger charge is -2.24. The molecule has 0 atom stereocenters. The monoisotopic (exact) mass is 1220 g/mol. The van der Waals surface area contributed by atoms with E-state index in [2.05, 4.69) is 39.2 Å². The van der Waals surface area contributed by atoms with Gasteiger partial charge in [-0.05, 0) is 115 Å². The molecule has 0 spiro atoms. The molecule has 0 aliphatic rings. The second kappa shape index (κ2) is 33.1. The molecule has 0 aliphatic carbocycles. The molecule has 90 heavy (non-hydrogen) atoms. The molecular weight excluding hydrogens is 1150 g/mol. The number of hydrogen-bond acceptors (Lipinski definition) is 6. The summed E-state index contributed by atoms with van der Waals surface area (Å²) >= 11 is 6.33. The van der Waals surface area contributed by atoms with Crippen LogP contribution in [-0.2, 0) is 58.9 Å². The molecule has 15 nitrogen and oxygen atoms in total. The normalized spacial score (nSPS) is 10.5. The third-order valence-electron chi connectivity index (χ3n) is 14.3. The van der Waals surface area contributed by atoms with Crippen molar-refractivity contribution >= 4 is 58.0 Å². The largest absolute Gasteiger partial charge is 0.370 e. The molecule has 0 bridgehead atoms. The minimum absolute atomic E-state index is 0.00289. The predicted molar refractivity (Wildman–Crippen MR) is 360 cm³/mol. The molecule has 0 aromatic heterocycles. The van der Waals surface area contributed by atoms with Crippen LogP contribution in [0.3, 0.4) is 0 Å².